The van der Waals surface area contributed by atoms with E-state index in [2.05, 4.69) is 62.5 Å². The van der Waals surface area contributed by atoms with Gasteiger partial charge in [0.05, 0.1) is 27.7 Å². The monoisotopic (exact) mass is 825 g/mol. The molecule has 0 aromatic heterocycles. The van der Waals surface area contributed by atoms with Crippen molar-refractivity contribution in [2.75, 3.05) is 47.5 Å². The van der Waals surface area contributed by atoms with Crippen molar-refractivity contribution >= 4 is 19.8 Å². The van der Waals surface area contributed by atoms with Crippen LogP contribution in [0.5, 0.6) is 0 Å². The molecule has 0 bridgehead atoms. The maximum Gasteiger partial charge on any atom is 0.472 e. The van der Waals surface area contributed by atoms with E-state index in [0.29, 0.717) is 17.4 Å². The van der Waals surface area contributed by atoms with Gasteiger partial charge in [-0.2, -0.15) is 0 Å². The maximum absolute atomic E-state index is 12.7. The number of quaternary nitrogens is 1. The van der Waals surface area contributed by atoms with Crippen molar-refractivity contribution in [2.45, 2.75) is 193 Å². The number of hydrogen-bond donors (Lipinski definition) is 1. The van der Waals surface area contributed by atoms with Crippen molar-refractivity contribution in [3.8, 4) is 0 Å². The third-order valence-electron chi connectivity index (χ3n) is 9.58. The number of likely N-dealkylation sites (N-methyl/N-ethyl adjacent to an activating group) is 1. The molecule has 0 heterocycles. The molecule has 0 saturated carbocycles. The van der Waals surface area contributed by atoms with Crippen molar-refractivity contribution in [2.24, 2.45) is 0 Å². The van der Waals surface area contributed by atoms with Crippen LogP contribution in [0.3, 0.4) is 0 Å². The Hall–Kier alpha value is -2.03. The highest BCUT2D eigenvalue weighted by Crippen LogP contribution is 2.43. The van der Waals surface area contributed by atoms with Crippen LogP contribution in [-0.4, -0.2) is 74.9 Å². The van der Waals surface area contributed by atoms with Gasteiger partial charge in [-0.25, -0.2) is 4.57 Å². The molecule has 332 valence electrons. The number of allylic oxidation sites excluding steroid dienone is 8. The lowest BCUT2D eigenvalue weighted by Gasteiger charge is -2.24. The van der Waals surface area contributed by atoms with E-state index in [0.717, 1.165) is 83.5 Å². The summed E-state index contributed by atoms with van der Waals surface area (Å²) in [4.78, 5) is 35.4. The molecule has 0 aromatic carbocycles. The molecule has 0 aliphatic rings. The summed E-state index contributed by atoms with van der Waals surface area (Å²) < 4.78 is 34.3. The summed E-state index contributed by atoms with van der Waals surface area (Å²) in [6.07, 6.45) is 45.8. The Morgan fingerprint density at radius 2 is 0.965 bits per heavy atom. The average Bonchev–Trinajstić information content (AvgIpc) is 3.16. The Bertz CT molecular complexity index is 1110. The van der Waals surface area contributed by atoms with Gasteiger partial charge in [-0.3, -0.25) is 18.6 Å². The van der Waals surface area contributed by atoms with Gasteiger partial charge in [-0.15, -0.1) is 0 Å². The second kappa shape index (κ2) is 39.4. The van der Waals surface area contributed by atoms with Crippen molar-refractivity contribution in [1.29, 1.82) is 0 Å². The standard InChI is InChI=1S/C47H86NO8P/c1-6-8-10-12-14-16-18-20-22-23-24-25-26-28-30-32-34-36-38-40-47(50)56-45(44-55-57(51,52)54-42-41-48(3,4)5)43-53-46(49)39-37-35-33-31-29-27-21-19-17-15-13-11-9-7-2/h13-16,19-22,45H,6-12,17-18,23-44H2,1-5H3/p+1/b15-13+,16-14+,21-19+,22-20+/t45-/m1/s1. The molecule has 0 aromatic rings. The van der Waals surface area contributed by atoms with Gasteiger partial charge in [-0.1, -0.05) is 152 Å². The highest BCUT2D eigenvalue weighted by Gasteiger charge is 2.27. The first-order valence-corrected chi connectivity index (χ1v) is 24.4. The molecule has 0 aliphatic carbocycles. The zero-order valence-corrected chi connectivity index (χ0v) is 38.2. The highest BCUT2D eigenvalue weighted by atomic mass is 31.2. The Labute approximate surface area is 350 Å². The van der Waals surface area contributed by atoms with Crippen molar-refractivity contribution in [3.63, 3.8) is 0 Å². The smallest absolute Gasteiger partial charge is 0.462 e. The van der Waals surface area contributed by atoms with Crippen LogP contribution in [-0.2, 0) is 32.7 Å². The molecule has 57 heavy (non-hydrogen) atoms. The molecule has 0 saturated heterocycles. The first-order valence-electron chi connectivity index (χ1n) is 22.9. The molecule has 0 amide bonds. The Morgan fingerprint density at radius 3 is 1.44 bits per heavy atom. The average molecular weight is 825 g/mol. The maximum atomic E-state index is 12.7. The lowest BCUT2D eigenvalue weighted by molar-refractivity contribution is -0.870. The molecule has 10 heteroatoms. The minimum absolute atomic E-state index is 0.0272. The number of carbonyl (C=O) groups is 2. The zero-order chi connectivity index (χ0) is 42.1. The van der Waals surface area contributed by atoms with Crippen LogP contribution in [0, 0.1) is 0 Å². The summed E-state index contributed by atoms with van der Waals surface area (Å²) in [5, 5.41) is 0. The SMILES string of the molecule is CCCC/C=C/C/C=C/CCCCCCCC(=O)OC[C@H](COP(=O)(O)OCC[N+](C)(C)C)OC(=O)CCCCCCCCCCC/C=C/C/C=C/CCCCC. The van der Waals surface area contributed by atoms with Gasteiger partial charge in [-0.05, 0) is 70.6 Å². The number of nitrogens with zero attached hydrogens (tertiary/aromatic N) is 1. The number of rotatable bonds is 41. The van der Waals surface area contributed by atoms with Gasteiger partial charge in [0.1, 0.15) is 19.8 Å². The number of phosphoric ester groups is 1. The zero-order valence-electron chi connectivity index (χ0n) is 37.3. The van der Waals surface area contributed by atoms with Gasteiger partial charge in [0.15, 0.2) is 6.10 Å². The van der Waals surface area contributed by atoms with Crippen LogP contribution in [0.2, 0.25) is 0 Å². The molecule has 0 spiro atoms. The van der Waals surface area contributed by atoms with Gasteiger partial charge < -0.3 is 18.9 Å². The number of unbranched alkanes of at least 4 members (excludes halogenated alkanes) is 19. The summed E-state index contributed by atoms with van der Waals surface area (Å²) in [6, 6.07) is 0. The van der Waals surface area contributed by atoms with Crippen molar-refractivity contribution < 1.29 is 42.1 Å². The summed E-state index contributed by atoms with van der Waals surface area (Å²) in [5.74, 6) is -0.820. The van der Waals surface area contributed by atoms with E-state index < -0.39 is 26.5 Å². The molecule has 9 nitrogen and oxygen atoms in total. The Morgan fingerprint density at radius 1 is 0.544 bits per heavy atom. The number of ether oxygens (including phenoxy) is 2. The van der Waals surface area contributed by atoms with Crippen LogP contribution in [0.25, 0.3) is 0 Å². The number of phosphoric acid groups is 1. The fourth-order valence-electron chi connectivity index (χ4n) is 5.94. The minimum atomic E-state index is -4.38. The fraction of sp³-hybridized carbons (Fsp3) is 0.787. The molecule has 0 rings (SSSR count). The largest absolute Gasteiger partial charge is 0.472 e. The van der Waals surface area contributed by atoms with Gasteiger partial charge in [0.2, 0.25) is 0 Å². The third-order valence-corrected chi connectivity index (χ3v) is 10.6. The first-order chi connectivity index (χ1) is 27.5. The van der Waals surface area contributed by atoms with E-state index in [1.165, 1.54) is 70.6 Å². The minimum Gasteiger partial charge on any atom is -0.462 e. The Balaban J connectivity index is 4.35. The van der Waals surface area contributed by atoms with E-state index in [1.54, 1.807) is 0 Å². The quantitative estimate of drug-likeness (QED) is 0.0213. The molecule has 1 N–H and O–H groups in total. The van der Waals surface area contributed by atoms with Crippen LogP contribution in [0.15, 0.2) is 48.6 Å². The van der Waals surface area contributed by atoms with E-state index in [-0.39, 0.29) is 32.0 Å². The van der Waals surface area contributed by atoms with Crippen molar-refractivity contribution in [1.82, 2.24) is 0 Å². The predicted molar refractivity (Wildman–Crippen MR) is 238 cm³/mol. The molecule has 0 fully saturated rings. The fourth-order valence-corrected chi connectivity index (χ4v) is 6.68. The summed E-state index contributed by atoms with van der Waals surface area (Å²) in [7, 11) is 1.46. The van der Waals surface area contributed by atoms with Gasteiger partial charge in [0.25, 0.3) is 0 Å². The highest BCUT2D eigenvalue weighted by molar-refractivity contribution is 7.47. The number of hydrogen-bond acceptors (Lipinski definition) is 7. The lowest BCUT2D eigenvalue weighted by atomic mass is 10.1. The van der Waals surface area contributed by atoms with Gasteiger partial charge in [0, 0.05) is 12.8 Å². The van der Waals surface area contributed by atoms with Crippen molar-refractivity contribution in [3.05, 3.63) is 48.6 Å². The molecule has 0 radical (unpaired) electrons. The van der Waals surface area contributed by atoms with Crippen LogP contribution in [0.1, 0.15) is 187 Å². The lowest BCUT2D eigenvalue weighted by Crippen LogP contribution is -2.37. The second-order valence-electron chi connectivity index (χ2n) is 16.4. The van der Waals surface area contributed by atoms with Crippen LogP contribution >= 0.6 is 7.82 Å². The van der Waals surface area contributed by atoms with E-state index in [1.807, 2.05) is 21.1 Å². The summed E-state index contributed by atoms with van der Waals surface area (Å²) in [5.41, 5.74) is 0. The third kappa shape index (κ3) is 43.4. The molecule has 2 atom stereocenters. The molecular formula is C47H87NO8P+. The molecular weight excluding hydrogens is 737 g/mol. The number of esters is 2. The summed E-state index contributed by atoms with van der Waals surface area (Å²) in [6.45, 7) is 4.33. The van der Waals surface area contributed by atoms with E-state index in [4.69, 9.17) is 18.5 Å². The number of carbonyl (C=O) groups excluding carboxylic acids is 2. The van der Waals surface area contributed by atoms with Crippen LogP contribution < -0.4 is 0 Å². The van der Waals surface area contributed by atoms with Gasteiger partial charge >= 0.3 is 19.8 Å². The molecule has 1 unspecified atom stereocenters. The Kier molecular flexibility index (Phi) is 38.0. The predicted octanol–water partition coefficient (Wildman–Crippen LogP) is 13.1. The van der Waals surface area contributed by atoms with E-state index >= 15 is 0 Å². The topological polar surface area (TPSA) is 108 Å². The van der Waals surface area contributed by atoms with E-state index in [9.17, 15) is 19.0 Å². The van der Waals surface area contributed by atoms with Crippen LogP contribution in [0.4, 0.5) is 0 Å². The summed E-state index contributed by atoms with van der Waals surface area (Å²) >= 11 is 0. The first kappa shape index (κ1) is 55.0. The second-order valence-corrected chi connectivity index (χ2v) is 17.9. The molecule has 0 aliphatic heterocycles. The normalized spacial score (nSPS) is 14.0.